The molecule has 7 heteroatoms. The number of morpholine rings is 1. The monoisotopic (exact) mass is 463 g/mol. The van der Waals surface area contributed by atoms with E-state index in [0.29, 0.717) is 0 Å². The molecule has 2 aromatic rings. The first-order chi connectivity index (χ1) is 16.5. The van der Waals surface area contributed by atoms with Crippen molar-refractivity contribution in [2.45, 2.75) is 50.9 Å². The lowest BCUT2D eigenvalue weighted by molar-refractivity contribution is -0.134. The molecule has 0 saturated carbocycles. The molecule has 1 heterocycles. The number of aliphatic hydroxyl groups is 1. The van der Waals surface area contributed by atoms with Gasteiger partial charge in [-0.15, -0.1) is 0 Å². The minimum atomic E-state index is -0.928. The van der Waals surface area contributed by atoms with Crippen LogP contribution in [0.1, 0.15) is 53.6 Å². The number of hydrogen-bond acceptors (Lipinski definition) is 6. The zero-order valence-electron chi connectivity index (χ0n) is 19.6. The molecule has 3 atom stereocenters. The molecule has 7 nitrogen and oxygen atoms in total. The molecular formula is C27H33N3O4. The van der Waals surface area contributed by atoms with Crippen LogP contribution in [0.5, 0.6) is 0 Å². The Morgan fingerprint density at radius 3 is 2.56 bits per heavy atom. The maximum atomic E-state index is 11.9. The molecule has 4 rings (SSSR count). The van der Waals surface area contributed by atoms with Gasteiger partial charge in [-0.2, -0.15) is 0 Å². The number of aryl methyl sites for hydroxylation is 1. The Morgan fingerprint density at radius 2 is 1.85 bits per heavy atom. The van der Waals surface area contributed by atoms with E-state index in [1.165, 1.54) is 18.1 Å². The third-order valence-corrected chi connectivity index (χ3v) is 6.53. The lowest BCUT2D eigenvalue weighted by atomic mass is 9.86. The van der Waals surface area contributed by atoms with Crippen molar-refractivity contribution in [2.24, 2.45) is 0 Å². The first-order valence-corrected chi connectivity index (χ1v) is 12.0. The van der Waals surface area contributed by atoms with Crippen molar-refractivity contribution in [3.05, 3.63) is 70.3 Å². The van der Waals surface area contributed by atoms with Gasteiger partial charge in [0.1, 0.15) is 6.04 Å². The summed E-state index contributed by atoms with van der Waals surface area (Å²) in [6, 6.07) is 13.7. The summed E-state index contributed by atoms with van der Waals surface area (Å²) in [5, 5.41) is 22.1. The lowest BCUT2D eigenvalue weighted by Crippen LogP contribution is -2.51. The van der Waals surface area contributed by atoms with Crippen molar-refractivity contribution in [2.75, 3.05) is 26.3 Å². The quantitative estimate of drug-likeness (QED) is 0.298. The molecular weight excluding hydrogens is 430 g/mol. The SMILES string of the molecule is C[C@@H](O)[C@H](NC1CCCc2cc(C#Cc3ccc(CN4CCOCC4)cc3)ccc21)C(=O)NO. The van der Waals surface area contributed by atoms with Gasteiger partial charge in [-0.25, -0.2) is 5.48 Å². The number of nitrogens with one attached hydrogen (secondary N) is 2. The Kier molecular flexibility index (Phi) is 8.33. The van der Waals surface area contributed by atoms with Crippen molar-refractivity contribution in [1.82, 2.24) is 15.7 Å². The second-order valence-electron chi connectivity index (χ2n) is 9.05. The predicted octanol–water partition coefficient (Wildman–Crippen LogP) is 2.14. The van der Waals surface area contributed by atoms with Gasteiger partial charge in [0.2, 0.25) is 0 Å². The van der Waals surface area contributed by atoms with Crippen LogP contribution in [0.15, 0.2) is 42.5 Å². The number of benzene rings is 2. The molecule has 1 aliphatic carbocycles. The highest BCUT2D eigenvalue weighted by Crippen LogP contribution is 2.31. The molecule has 0 spiro atoms. The van der Waals surface area contributed by atoms with E-state index in [9.17, 15) is 9.90 Å². The molecule has 1 aliphatic heterocycles. The Labute approximate surface area is 201 Å². The zero-order chi connectivity index (χ0) is 23.9. The third kappa shape index (κ3) is 6.23. The fraction of sp³-hybridized carbons (Fsp3) is 0.444. The average molecular weight is 464 g/mol. The van der Waals surface area contributed by atoms with E-state index in [4.69, 9.17) is 9.94 Å². The van der Waals surface area contributed by atoms with Gasteiger partial charge in [-0.05, 0) is 67.1 Å². The van der Waals surface area contributed by atoms with Crippen LogP contribution in [0, 0.1) is 11.8 Å². The van der Waals surface area contributed by atoms with Gasteiger partial charge in [-0.1, -0.05) is 30.0 Å². The number of amides is 1. The van der Waals surface area contributed by atoms with Gasteiger partial charge in [0, 0.05) is 36.8 Å². The van der Waals surface area contributed by atoms with Crippen LogP contribution in [-0.2, 0) is 22.5 Å². The number of rotatable bonds is 6. The molecule has 1 unspecified atom stereocenters. The van der Waals surface area contributed by atoms with Gasteiger partial charge >= 0.3 is 0 Å². The molecule has 0 aromatic heterocycles. The number of hydroxylamine groups is 1. The number of fused-ring (bicyclic) bond motifs is 1. The average Bonchev–Trinajstić information content (AvgIpc) is 2.86. The van der Waals surface area contributed by atoms with Crippen LogP contribution in [0.4, 0.5) is 0 Å². The number of ether oxygens (including phenoxy) is 1. The van der Waals surface area contributed by atoms with E-state index in [2.05, 4.69) is 58.5 Å². The second-order valence-corrected chi connectivity index (χ2v) is 9.05. The van der Waals surface area contributed by atoms with E-state index < -0.39 is 18.1 Å². The van der Waals surface area contributed by atoms with E-state index in [0.717, 1.165) is 68.8 Å². The highest BCUT2D eigenvalue weighted by Gasteiger charge is 2.29. The summed E-state index contributed by atoms with van der Waals surface area (Å²) in [7, 11) is 0. The van der Waals surface area contributed by atoms with Crippen molar-refractivity contribution in [3.63, 3.8) is 0 Å². The maximum Gasteiger partial charge on any atom is 0.263 e. The minimum absolute atomic E-state index is 0.0679. The van der Waals surface area contributed by atoms with Crippen LogP contribution in [0.3, 0.4) is 0 Å². The molecule has 2 aromatic carbocycles. The largest absolute Gasteiger partial charge is 0.391 e. The van der Waals surface area contributed by atoms with Crippen LogP contribution in [-0.4, -0.2) is 59.6 Å². The van der Waals surface area contributed by atoms with Crippen LogP contribution < -0.4 is 10.8 Å². The Hall–Kier alpha value is -2.73. The Balaban J connectivity index is 1.42. The standard InChI is InChI=1S/C27H33N3O4/c1-19(31)26(27(32)29-33)28-25-4-2-3-23-17-21(11-12-24(23)25)8-5-20-6-9-22(10-7-20)18-30-13-15-34-16-14-30/h6-7,9-12,17,19,25-26,28,31,33H,2-4,13-16,18H2,1H3,(H,29,32)/t19-,25?,26+/m1/s1. The van der Waals surface area contributed by atoms with Gasteiger partial charge in [0.15, 0.2) is 0 Å². The second kappa shape index (κ2) is 11.6. The smallest absolute Gasteiger partial charge is 0.263 e. The summed E-state index contributed by atoms with van der Waals surface area (Å²) in [5.41, 5.74) is 7.17. The molecule has 34 heavy (non-hydrogen) atoms. The number of carbonyl (C=O) groups excluding carboxylic acids is 1. The number of nitrogens with zero attached hydrogens (tertiary/aromatic N) is 1. The minimum Gasteiger partial charge on any atom is -0.391 e. The van der Waals surface area contributed by atoms with Gasteiger partial charge < -0.3 is 9.84 Å². The van der Waals surface area contributed by atoms with E-state index in [1.54, 1.807) is 5.48 Å². The molecule has 1 amide bonds. The van der Waals surface area contributed by atoms with Crippen molar-refractivity contribution in [1.29, 1.82) is 0 Å². The summed E-state index contributed by atoms with van der Waals surface area (Å²) >= 11 is 0. The summed E-state index contributed by atoms with van der Waals surface area (Å²) in [5.74, 6) is 5.91. The molecule has 0 radical (unpaired) electrons. The van der Waals surface area contributed by atoms with Crippen molar-refractivity contribution < 1.29 is 19.8 Å². The highest BCUT2D eigenvalue weighted by molar-refractivity contribution is 5.81. The van der Waals surface area contributed by atoms with E-state index in [-0.39, 0.29) is 6.04 Å². The summed E-state index contributed by atoms with van der Waals surface area (Å²) in [6.07, 6.45) is 1.85. The summed E-state index contributed by atoms with van der Waals surface area (Å²) in [4.78, 5) is 14.3. The van der Waals surface area contributed by atoms with Crippen molar-refractivity contribution in [3.8, 4) is 11.8 Å². The van der Waals surface area contributed by atoms with Gasteiger partial charge in [-0.3, -0.25) is 20.2 Å². The third-order valence-electron chi connectivity index (χ3n) is 6.53. The molecule has 0 bridgehead atoms. The molecule has 1 saturated heterocycles. The van der Waals surface area contributed by atoms with Crippen molar-refractivity contribution >= 4 is 5.91 Å². The fourth-order valence-electron chi connectivity index (χ4n) is 4.64. The molecule has 2 aliphatic rings. The normalized spacial score (nSPS) is 19.9. The first-order valence-electron chi connectivity index (χ1n) is 12.0. The number of aliphatic hydroxyl groups excluding tert-OH is 1. The van der Waals surface area contributed by atoms with E-state index in [1.807, 2.05) is 6.07 Å². The van der Waals surface area contributed by atoms with Gasteiger partial charge in [0.25, 0.3) is 5.91 Å². The molecule has 4 N–H and O–H groups in total. The summed E-state index contributed by atoms with van der Waals surface area (Å²) < 4.78 is 5.41. The van der Waals surface area contributed by atoms with Crippen LogP contribution >= 0.6 is 0 Å². The zero-order valence-corrected chi connectivity index (χ0v) is 19.6. The molecule has 180 valence electrons. The lowest BCUT2D eigenvalue weighted by Gasteiger charge is -2.31. The first kappa shape index (κ1) is 24.4. The van der Waals surface area contributed by atoms with Crippen LogP contribution in [0.25, 0.3) is 0 Å². The maximum absolute atomic E-state index is 11.9. The predicted molar refractivity (Wildman–Crippen MR) is 129 cm³/mol. The summed E-state index contributed by atoms with van der Waals surface area (Å²) in [6.45, 7) is 6.03. The number of hydrogen-bond donors (Lipinski definition) is 4. The van der Waals surface area contributed by atoms with Gasteiger partial charge in [0.05, 0.1) is 19.3 Å². The molecule has 1 fully saturated rings. The van der Waals surface area contributed by atoms with E-state index >= 15 is 0 Å². The van der Waals surface area contributed by atoms with Crippen LogP contribution in [0.2, 0.25) is 0 Å². The topological polar surface area (TPSA) is 94.1 Å². The highest BCUT2D eigenvalue weighted by atomic mass is 16.5. The fourth-order valence-corrected chi connectivity index (χ4v) is 4.64. The Bertz CT molecular complexity index is 1040. The number of carbonyl (C=O) groups is 1. The Morgan fingerprint density at radius 1 is 1.15 bits per heavy atom.